The number of ether oxygens (including phenoxy) is 1. The van der Waals surface area contributed by atoms with E-state index >= 15 is 0 Å². The quantitative estimate of drug-likeness (QED) is 0.786. The van der Waals surface area contributed by atoms with Crippen LogP contribution < -0.4 is 5.73 Å². The van der Waals surface area contributed by atoms with E-state index in [9.17, 15) is 9.59 Å². The average molecular weight is 340 g/mol. The van der Waals surface area contributed by atoms with Crippen LogP contribution in [0.5, 0.6) is 0 Å². The van der Waals surface area contributed by atoms with Gasteiger partial charge in [-0.2, -0.15) is 0 Å². The van der Waals surface area contributed by atoms with Crippen LogP contribution in [0, 0.1) is 6.92 Å². The minimum Gasteiger partial charge on any atom is -0.461 e. The molecule has 25 heavy (non-hydrogen) atoms. The zero-order valence-electron chi connectivity index (χ0n) is 14.6. The molecule has 132 valence electrons. The van der Waals surface area contributed by atoms with Gasteiger partial charge in [-0.3, -0.25) is 9.59 Å². The molecule has 0 radical (unpaired) electrons. The molecule has 1 amide bonds. The van der Waals surface area contributed by atoms with E-state index in [0.29, 0.717) is 6.54 Å². The molecule has 0 bridgehead atoms. The number of carbonyl (C=O) groups excluding carboxylic acids is 2. The van der Waals surface area contributed by atoms with E-state index in [1.54, 1.807) is 7.05 Å². The van der Waals surface area contributed by atoms with Crippen molar-refractivity contribution >= 4 is 11.9 Å². The first kappa shape index (κ1) is 18.7. The maximum atomic E-state index is 12.3. The number of carbonyl (C=O) groups is 2. The van der Waals surface area contributed by atoms with E-state index in [0.717, 1.165) is 16.7 Å². The van der Waals surface area contributed by atoms with E-state index in [1.165, 1.54) is 4.90 Å². The molecule has 0 aliphatic heterocycles. The number of likely N-dealkylation sites (N-methyl/N-ethyl adjacent to an activating group) is 1. The Morgan fingerprint density at radius 2 is 1.76 bits per heavy atom. The molecule has 2 rings (SSSR count). The Bertz CT molecular complexity index is 716. The van der Waals surface area contributed by atoms with Crippen LogP contribution in [0.25, 0.3) is 0 Å². The average Bonchev–Trinajstić information content (AvgIpc) is 2.60. The lowest BCUT2D eigenvalue weighted by Crippen LogP contribution is -2.42. The van der Waals surface area contributed by atoms with Crippen LogP contribution in [-0.4, -0.2) is 29.9 Å². The van der Waals surface area contributed by atoms with E-state index in [1.807, 2.05) is 61.5 Å². The number of hydrogen-bond acceptors (Lipinski definition) is 4. The Morgan fingerprint density at radius 3 is 2.44 bits per heavy atom. The van der Waals surface area contributed by atoms with Crippen LogP contribution in [0.4, 0.5) is 0 Å². The molecule has 2 aromatic rings. The lowest BCUT2D eigenvalue weighted by molar-refractivity contribution is -0.148. The lowest BCUT2D eigenvalue weighted by Gasteiger charge is -2.21. The van der Waals surface area contributed by atoms with Gasteiger partial charge < -0.3 is 15.4 Å². The van der Waals surface area contributed by atoms with Gasteiger partial charge in [0.15, 0.2) is 0 Å². The van der Waals surface area contributed by atoms with Crippen molar-refractivity contribution in [1.82, 2.24) is 4.90 Å². The Morgan fingerprint density at radius 1 is 1.08 bits per heavy atom. The minimum absolute atomic E-state index is 0.135. The molecule has 0 aromatic heterocycles. The summed E-state index contributed by atoms with van der Waals surface area (Å²) < 4.78 is 5.17. The number of aryl methyl sites for hydroxylation is 1. The summed E-state index contributed by atoms with van der Waals surface area (Å²) >= 11 is 0. The second-order valence-electron chi connectivity index (χ2n) is 6.14. The molecule has 0 saturated heterocycles. The van der Waals surface area contributed by atoms with Gasteiger partial charge in [-0.1, -0.05) is 60.2 Å². The van der Waals surface area contributed by atoms with E-state index < -0.39 is 12.0 Å². The van der Waals surface area contributed by atoms with Crippen molar-refractivity contribution in [2.24, 2.45) is 5.73 Å². The topological polar surface area (TPSA) is 72.6 Å². The summed E-state index contributed by atoms with van der Waals surface area (Å²) in [6.07, 6.45) is -0.135. The number of amides is 1. The molecule has 0 aliphatic carbocycles. The summed E-state index contributed by atoms with van der Waals surface area (Å²) in [4.78, 5) is 25.8. The number of nitrogens with zero attached hydrogens (tertiary/aromatic N) is 1. The molecule has 5 nitrogen and oxygen atoms in total. The molecule has 0 fully saturated rings. The Balaban J connectivity index is 1.81. The number of hydrogen-bond donors (Lipinski definition) is 1. The lowest BCUT2D eigenvalue weighted by atomic mass is 10.1. The predicted molar refractivity (Wildman–Crippen MR) is 96.5 cm³/mol. The smallest absolute Gasteiger partial charge is 0.308 e. The molecule has 2 aromatic carbocycles. The number of benzene rings is 2. The summed E-state index contributed by atoms with van der Waals surface area (Å²) in [6.45, 7) is 2.63. The third-order valence-corrected chi connectivity index (χ3v) is 3.82. The van der Waals surface area contributed by atoms with Crippen LogP contribution in [0.1, 0.15) is 23.1 Å². The first-order chi connectivity index (χ1) is 12.0. The summed E-state index contributed by atoms with van der Waals surface area (Å²) in [5.41, 5.74) is 8.93. The summed E-state index contributed by atoms with van der Waals surface area (Å²) in [5, 5.41) is 0. The highest BCUT2D eigenvalue weighted by atomic mass is 16.5. The first-order valence-corrected chi connectivity index (χ1v) is 8.21. The van der Waals surface area contributed by atoms with Crippen molar-refractivity contribution in [1.29, 1.82) is 0 Å². The summed E-state index contributed by atoms with van der Waals surface area (Å²) in [5.74, 6) is -0.758. The Labute approximate surface area is 148 Å². The monoisotopic (exact) mass is 340 g/mol. The number of rotatable bonds is 7. The first-order valence-electron chi connectivity index (χ1n) is 8.21. The largest absolute Gasteiger partial charge is 0.461 e. The van der Waals surface area contributed by atoms with Gasteiger partial charge in [-0.15, -0.1) is 0 Å². The van der Waals surface area contributed by atoms with Gasteiger partial charge in [0.1, 0.15) is 6.61 Å². The van der Waals surface area contributed by atoms with Crippen molar-refractivity contribution in [3.8, 4) is 0 Å². The standard InChI is InChI=1S/C20H24N2O3/c1-15-7-6-10-17(11-15)13-22(2)20(24)18(21)12-19(23)25-14-16-8-4-3-5-9-16/h3-11,18H,12-14,21H2,1-2H3/t18-/m0/s1. The fourth-order valence-corrected chi connectivity index (χ4v) is 2.51. The van der Waals surface area contributed by atoms with Crippen LogP contribution >= 0.6 is 0 Å². The van der Waals surface area contributed by atoms with Gasteiger partial charge in [0, 0.05) is 13.6 Å². The Hall–Kier alpha value is -2.66. The Kier molecular flexibility index (Phi) is 6.71. The molecule has 0 spiro atoms. The second kappa shape index (κ2) is 8.99. The van der Waals surface area contributed by atoms with Gasteiger partial charge in [0.05, 0.1) is 12.5 Å². The molecule has 1 atom stereocenters. The van der Waals surface area contributed by atoms with E-state index in [4.69, 9.17) is 10.5 Å². The minimum atomic E-state index is -0.905. The zero-order valence-corrected chi connectivity index (χ0v) is 14.6. The van der Waals surface area contributed by atoms with Crippen LogP contribution in [-0.2, 0) is 27.5 Å². The van der Waals surface area contributed by atoms with E-state index in [2.05, 4.69) is 0 Å². The van der Waals surface area contributed by atoms with Gasteiger partial charge in [0.2, 0.25) is 5.91 Å². The molecule has 0 unspecified atom stereocenters. The van der Waals surface area contributed by atoms with Gasteiger partial charge in [0.25, 0.3) is 0 Å². The van der Waals surface area contributed by atoms with Crippen molar-refractivity contribution in [3.05, 3.63) is 71.3 Å². The zero-order chi connectivity index (χ0) is 18.2. The van der Waals surface area contributed by atoms with Crippen molar-refractivity contribution in [2.45, 2.75) is 32.5 Å². The molecular weight excluding hydrogens is 316 g/mol. The molecule has 2 N–H and O–H groups in total. The summed E-state index contributed by atoms with van der Waals surface area (Å²) in [6, 6.07) is 16.4. The fraction of sp³-hybridized carbons (Fsp3) is 0.300. The SMILES string of the molecule is Cc1cccc(CN(C)C(=O)[C@@H](N)CC(=O)OCc2ccccc2)c1. The maximum Gasteiger partial charge on any atom is 0.308 e. The molecular formula is C20H24N2O3. The third-order valence-electron chi connectivity index (χ3n) is 3.82. The van der Waals surface area contributed by atoms with Gasteiger partial charge >= 0.3 is 5.97 Å². The highest BCUT2D eigenvalue weighted by Crippen LogP contribution is 2.09. The van der Waals surface area contributed by atoms with Gasteiger partial charge in [-0.25, -0.2) is 0 Å². The maximum absolute atomic E-state index is 12.3. The van der Waals surface area contributed by atoms with E-state index in [-0.39, 0.29) is 18.9 Å². The number of nitrogens with two attached hydrogens (primary N) is 1. The van der Waals surface area contributed by atoms with Crippen LogP contribution in [0.3, 0.4) is 0 Å². The highest BCUT2D eigenvalue weighted by molar-refractivity contribution is 5.86. The summed E-state index contributed by atoms with van der Waals surface area (Å²) in [7, 11) is 1.68. The molecule has 0 aliphatic rings. The molecule has 0 saturated carbocycles. The van der Waals surface area contributed by atoms with Crippen LogP contribution in [0.15, 0.2) is 54.6 Å². The molecule has 5 heteroatoms. The highest BCUT2D eigenvalue weighted by Gasteiger charge is 2.22. The molecule has 0 heterocycles. The normalized spacial score (nSPS) is 11.6. The van der Waals surface area contributed by atoms with Crippen LogP contribution in [0.2, 0.25) is 0 Å². The second-order valence-corrected chi connectivity index (χ2v) is 6.14. The van der Waals surface area contributed by atoms with Crippen molar-refractivity contribution < 1.29 is 14.3 Å². The van der Waals surface area contributed by atoms with Gasteiger partial charge in [-0.05, 0) is 18.1 Å². The third kappa shape index (κ3) is 6.04. The number of esters is 1. The predicted octanol–water partition coefficient (Wildman–Crippen LogP) is 2.41. The van der Waals surface area contributed by atoms with Crippen molar-refractivity contribution in [3.63, 3.8) is 0 Å². The fourth-order valence-electron chi connectivity index (χ4n) is 2.51. The van der Waals surface area contributed by atoms with Crippen molar-refractivity contribution in [2.75, 3.05) is 7.05 Å².